The minimum Gasteiger partial charge on any atom is -0.294 e. The van der Waals surface area contributed by atoms with Gasteiger partial charge in [0.15, 0.2) is 5.78 Å². The summed E-state index contributed by atoms with van der Waals surface area (Å²) in [7, 11) is 1.87. The van der Waals surface area contributed by atoms with E-state index in [2.05, 4.69) is 26.0 Å². The molecule has 3 aromatic rings. The van der Waals surface area contributed by atoms with Crippen LogP contribution in [0.4, 0.5) is 0 Å². The maximum Gasteiger partial charge on any atom is 0.170 e. The molecule has 6 heteroatoms. The van der Waals surface area contributed by atoms with Gasteiger partial charge in [0.25, 0.3) is 0 Å². The molecule has 0 bridgehead atoms. The van der Waals surface area contributed by atoms with Gasteiger partial charge in [-0.25, -0.2) is 0 Å². The number of fused-ring (bicyclic) bond motifs is 1. The van der Waals surface area contributed by atoms with E-state index >= 15 is 0 Å². The normalized spacial score (nSPS) is 11.2. The summed E-state index contributed by atoms with van der Waals surface area (Å²) in [6.45, 7) is 2.05. The molecular formula is C15H14BrN3OS. The Bertz CT molecular complexity index is 822. The van der Waals surface area contributed by atoms with Crippen LogP contribution < -0.4 is 0 Å². The summed E-state index contributed by atoms with van der Waals surface area (Å²) in [6.07, 6.45) is 2.82. The minimum atomic E-state index is 0.0594. The number of halogens is 1. The molecule has 108 valence electrons. The van der Waals surface area contributed by atoms with Crippen LogP contribution in [0.25, 0.3) is 10.2 Å². The van der Waals surface area contributed by atoms with Gasteiger partial charge in [-0.2, -0.15) is 5.10 Å². The number of carbonyl (C=O) groups excluding carboxylic acids is 1. The second kappa shape index (κ2) is 5.69. The highest BCUT2D eigenvalue weighted by atomic mass is 79.9. The summed E-state index contributed by atoms with van der Waals surface area (Å²) in [5.41, 5.74) is 3.47. The van der Waals surface area contributed by atoms with Crippen molar-refractivity contribution in [1.82, 2.24) is 14.8 Å². The molecule has 0 atom stereocenters. The third-order valence-corrected chi connectivity index (χ3v) is 5.22. The third-order valence-electron chi connectivity index (χ3n) is 3.46. The zero-order chi connectivity index (χ0) is 15.0. The smallest absolute Gasteiger partial charge is 0.170 e. The molecule has 0 amide bonds. The van der Waals surface area contributed by atoms with E-state index in [1.807, 2.05) is 31.5 Å². The molecule has 0 saturated carbocycles. The molecule has 0 aromatic carbocycles. The summed E-state index contributed by atoms with van der Waals surface area (Å²) < 4.78 is 3.75. The van der Waals surface area contributed by atoms with Crippen molar-refractivity contribution in [3.8, 4) is 0 Å². The highest BCUT2D eigenvalue weighted by molar-refractivity contribution is 9.10. The summed E-state index contributed by atoms with van der Waals surface area (Å²) in [4.78, 5) is 16.8. The van der Waals surface area contributed by atoms with Gasteiger partial charge < -0.3 is 0 Å². The fourth-order valence-corrected chi connectivity index (χ4v) is 3.80. The number of aromatic nitrogens is 3. The van der Waals surface area contributed by atoms with Crippen molar-refractivity contribution >= 4 is 43.3 Å². The van der Waals surface area contributed by atoms with E-state index in [4.69, 9.17) is 0 Å². The van der Waals surface area contributed by atoms with Crippen molar-refractivity contribution < 1.29 is 4.79 Å². The van der Waals surface area contributed by atoms with Gasteiger partial charge in [0.2, 0.25) is 0 Å². The number of pyridine rings is 1. The van der Waals surface area contributed by atoms with Gasteiger partial charge in [-0.05, 0) is 39.9 Å². The quantitative estimate of drug-likeness (QED) is 0.662. The molecule has 0 saturated heterocycles. The zero-order valence-electron chi connectivity index (χ0n) is 11.8. The van der Waals surface area contributed by atoms with Crippen LogP contribution in [0.2, 0.25) is 0 Å². The lowest BCUT2D eigenvalue weighted by atomic mass is 10.1. The molecule has 0 unspecified atom stereocenters. The molecule has 0 N–H and O–H groups in total. The van der Waals surface area contributed by atoms with Crippen LogP contribution in [-0.2, 0) is 19.9 Å². The number of carbonyl (C=O) groups is 1. The SMILES string of the molecule is CCc1nn(C)c(CC(=O)c2cnc3ccsc3c2)c1Br. The van der Waals surface area contributed by atoms with Gasteiger partial charge in [0.1, 0.15) is 0 Å². The second-order valence-corrected chi connectivity index (χ2v) is 6.55. The summed E-state index contributed by atoms with van der Waals surface area (Å²) in [6, 6.07) is 3.87. The Morgan fingerprint density at radius 3 is 3.00 bits per heavy atom. The lowest BCUT2D eigenvalue weighted by Gasteiger charge is -2.03. The average molecular weight is 364 g/mol. The van der Waals surface area contributed by atoms with Crippen LogP contribution in [-0.4, -0.2) is 20.5 Å². The molecule has 0 aliphatic rings. The molecule has 0 spiro atoms. The molecule has 21 heavy (non-hydrogen) atoms. The number of Topliss-reactive ketones (excluding diaryl/α,β-unsaturated/α-hetero) is 1. The summed E-state index contributed by atoms with van der Waals surface area (Å²) >= 11 is 5.15. The number of hydrogen-bond donors (Lipinski definition) is 0. The van der Waals surface area contributed by atoms with E-state index in [0.29, 0.717) is 12.0 Å². The Labute approximate surface area is 134 Å². The van der Waals surface area contributed by atoms with Crippen LogP contribution >= 0.6 is 27.3 Å². The highest BCUT2D eigenvalue weighted by Crippen LogP contribution is 2.24. The first-order valence-corrected chi connectivity index (χ1v) is 8.34. The largest absolute Gasteiger partial charge is 0.294 e. The van der Waals surface area contributed by atoms with Crippen LogP contribution in [0.5, 0.6) is 0 Å². The Balaban J connectivity index is 1.90. The number of nitrogens with zero attached hydrogens (tertiary/aromatic N) is 3. The van der Waals surface area contributed by atoms with Crippen LogP contribution in [0, 0.1) is 0 Å². The van der Waals surface area contributed by atoms with Crippen LogP contribution in [0.1, 0.15) is 28.7 Å². The first-order valence-electron chi connectivity index (χ1n) is 6.66. The average Bonchev–Trinajstić information content (AvgIpc) is 3.05. The van der Waals surface area contributed by atoms with E-state index in [-0.39, 0.29) is 5.78 Å². The number of thiophene rings is 1. The maximum atomic E-state index is 12.5. The number of hydrogen-bond acceptors (Lipinski definition) is 4. The molecule has 0 radical (unpaired) electrons. The van der Waals surface area contributed by atoms with Gasteiger partial charge in [-0.15, -0.1) is 11.3 Å². The van der Waals surface area contributed by atoms with Gasteiger partial charge >= 0.3 is 0 Å². The Kier molecular flexibility index (Phi) is 3.91. The van der Waals surface area contributed by atoms with E-state index < -0.39 is 0 Å². The van der Waals surface area contributed by atoms with Gasteiger partial charge in [0, 0.05) is 18.8 Å². The van der Waals surface area contributed by atoms with Crippen molar-refractivity contribution in [2.24, 2.45) is 7.05 Å². The van der Waals surface area contributed by atoms with Crippen molar-refractivity contribution in [2.45, 2.75) is 19.8 Å². The van der Waals surface area contributed by atoms with Crippen LogP contribution in [0.3, 0.4) is 0 Å². The molecule has 3 aromatic heterocycles. The topological polar surface area (TPSA) is 47.8 Å². The Morgan fingerprint density at radius 1 is 1.48 bits per heavy atom. The number of aryl methyl sites for hydroxylation is 2. The predicted molar refractivity (Wildman–Crippen MR) is 87.9 cm³/mol. The molecular weight excluding hydrogens is 350 g/mol. The molecule has 3 rings (SSSR count). The molecule has 4 nitrogen and oxygen atoms in total. The monoisotopic (exact) mass is 363 g/mol. The predicted octanol–water partition coefficient (Wildman–Crippen LogP) is 3.78. The molecule has 0 fully saturated rings. The number of rotatable bonds is 4. The summed E-state index contributed by atoms with van der Waals surface area (Å²) in [5, 5.41) is 6.40. The molecule has 3 heterocycles. The van der Waals surface area contributed by atoms with Crippen molar-refractivity contribution in [3.05, 3.63) is 45.1 Å². The van der Waals surface area contributed by atoms with Gasteiger partial charge in [-0.1, -0.05) is 6.92 Å². The summed E-state index contributed by atoms with van der Waals surface area (Å²) in [5.74, 6) is 0.0594. The lowest BCUT2D eigenvalue weighted by Crippen LogP contribution is -2.08. The molecule has 0 aliphatic heterocycles. The van der Waals surface area contributed by atoms with Crippen molar-refractivity contribution in [1.29, 1.82) is 0 Å². The zero-order valence-corrected chi connectivity index (χ0v) is 14.2. The second-order valence-electron chi connectivity index (χ2n) is 4.81. The Hall–Kier alpha value is -1.53. The van der Waals surface area contributed by atoms with Crippen molar-refractivity contribution in [2.75, 3.05) is 0 Å². The lowest BCUT2D eigenvalue weighted by molar-refractivity contribution is 0.0990. The van der Waals surface area contributed by atoms with Gasteiger partial charge in [-0.3, -0.25) is 14.5 Å². The highest BCUT2D eigenvalue weighted by Gasteiger charge is 2.17. The molecule has 0 aliphatic carbocycles. The number of ketones is 1. The standard InChI is InChI=1S/C15H14BrN3OS/c1-3-10-15(16)12(19(2)18-10)7-13(20)9-6-14-11(17-8-9)4-5-21-14/h4-6,8H,3,7H2,1-2H3. The first-order chi connectivity index (χ1) is 10.1. The Morgan fingerprint density at radius 2 is 2.29 bits per heavy atom. The van der Waals surface area contributed by atoms with E-state index in [1.165, 1.54) is 0 Å². The van der Waals surface area contributed by atoms with E-state index in [0.717, 1.165) is 32.5 Å². The van der Waals surface area contributed by atoms with Gasteiger partial charge in [0.05, 0.1) is 32.5 Å². The maximum absolute atomic E-state index is 12.5. The van der Waals surface area contributed by atoms with Crippen molar-refractivity contribution in [3.63, 3.8) is 0 Å². The third kappa shape index (κ3) is 2.65. The fourth-order valence-electron chi connectivity index (χ4n) is 2.26. The minimum absolute atomic E-state index is 0.0594. The van der Waals surface area contributed by atoms with E-state index in [1.54, 1.807) is 22.2 Å². The fraction of sp³-hybridized carbons (Fsp3) is 0.267. The van der Waals surface area contributed by atoms with Crippen LogP contribution in [0.15, 0.2) is 28.2 Å². The van der Waals surface area contributed by atoms with E-state index in [9.17, 15) is 4.79 Å². The first kappa shape index (κ1) is 14.4.